The molecule has 1 N–H and O–H groups in total. The van der Waals surface area contributed by atoms with E-state index in [-0.39, 0.29) is 11.5 Å². The number of benzene rings is 1. The van der Waals surface area contributed by atoms with Gasteiger partial charge in [-0.15, -0.1) is 0 Å². The van der Waals surface area contributed by atoms with Gasteiger partial charge in [0, 0.05) is 12.0 Å². The number of Topliss-reactive ketones (excluding diaryl/α,β-unsaturated/α-hetero) is 1. The second-order valence-electron chi connectivity index (χ2n) is 4.02. The van der Waals surface area contributed by atoms with Crippen LogP contribution in [0, 0.1) is 12.8 Å². The molecule has 1 aromatic carbocycles. The summed E-state index contributed by atoms with van der Waals surface area (Å²) < 4.78 is 0. The molecule has 0 unspecified atom stereocenters. The first kappa shape index (κ1) is 10.8. The lowest BCUT2D eigenvalue weighted by Gasteiger charge is -2.05. The lowest BCUT2D eigenvalue weighted by molar-refractivity contribution is 0.0968. The highest BCUT2D eigenvalue weighted by Gasteiger charge is 2.09. The van der Waals surface area contributed by atoms with Crippen LogP contribution in [0.25, 0.3) is 0 Å². The molecule has 1 aromatic rings. The van der Waals surface area contributed by atoms with Crippen molar-refractivity contribution in [3.05, 3.63) is 29.3 Å². The Hall–Kier alpha value is -1.31. The molecule has 0 saturated carbocycles. The van der Waals surface area contributed by atoms with Crippen LogP contribution in [0.3, 0.4) is 0 Å². The number of aromatic hydroxyl groups is 1. The Kier molecular flexibility index (Phi) is 3.28. The maximum Gasteiger partial charge on any atom is 0.163 e. The van der Waals surface area contributed by atoms with Crippen LogP contribution >= 0.6 is 0 Å². The highest BCUT2D eigenvalue weighted by atomic mass is 16.3. The Balaban J connectivity index is 2.86. The molecule has 14 heavy (non-hydrogen) atoms. The zero-order valence-electron chi connectivity index (χ0n) is 8.87. The molecule has 0 aliphatic heterocycles. The normalized spacial score (nSPS) is 10.6. The summed E-state index contributed by atoms with van der Waals surface area (Å²) in [6.07, 6.45) is 0.560. The predicted octanol–water partition coefficient (Wildman–Crippen LogP) is 2.93. The van der Waals surface area contributed by atoms with Crippen LogP contribution in [-0.2, 0) is 0 Å². The van der Waals surface area contributed by atoms with Gasteiger partial charge < -0.3 is 5.11 Å². The number of hydrogen-bond acceptors (Lipinski definition) is 2. The average Bonchev–Trinajstić information content (AvgIpc) is 2.08. The fourth-order valence-electron chi connectivity index (χ4n) is 1.32. The van der Waals surface area contributed by atoms with Gasteiger partial charge in [0.05, 0.1) is 0 Å². The average molecular weight is 192 g/mol. The first-order valence-corrected chi connectivity index (χ1v) is 4.83. The number of carbonyl (C=O) groups is 1. The minimum Gasteiger partial charge on any atom is -0.508 e. The van der Waals surface area contributed by atoms with Crippen molar-refractivity contribution in [3.63, 3.8) is 0 Å². The first-order valence-electron chi connectivity index (χ1n) is 4.83. The largest absolute Gasteiger partial charge is 0.508 e. The molecule has 0 spiro atoms. The zero-order chi connectivity index (χ0) is 10.7. The Morgan fingerprint density at radius 2 is 2.07 bits per heavy atom. The molecule has 0 fully saturated rings. The van der Waals surface area contributed by atoms with Gasteiger partial charge in [-0.05, 0) is 36.6 Å². The Morgan fingerprint density at radius 3 is 2.57 bits per heavy atom. The van der Waals surface area contributed by atoms with E-state index in [0.717, 1.165) is 5.56 Å². The SMILES string of the molecule is Cc1cc(C(=O)CC(C)C)ccc1O. The lowest BCUT2D eigenvalue weighted by Crippen LogP contribution is -2.03. The highest BCUT2D eigenvalue weighted by Crippen LogP contribution is 2.18. The topological polar surface area (TPSA) is 37.3 Å². The molecule has 0 bridgehead atoms. The minimum atomic E-state index is 0.142. The summed E-state index contributed by atoms with van der Waals surface area (Å²) in [6, 6.07) is 4.98. The third-order valence-corrected chi connectivity index (χ3v) is 2.11. The molecular weight excluding hydrogens is 176 g/mol. The Bertz CT molecular complexity index is 340. The molecule has 2 nitrogen and oxygen atoms in total. The second-order valence-corrected chi connectivity index (χ2v) is 4.02. The number of phenols is 1. The number of ketones is 1. The summed E-state index contributed by atoms with van der Waals surface area (Å²) in [7, 11) is 0. The van der Waals surface area contributed by atoms with Crippen molar-refractivity contribution in [2.45, 2.75) is 27.2 Å². The molecule has 0 atom stereocenters. The minimum absolute atomic E-state index is 0.142. The van der Waals surface area contributed by atoms with Gasteiger partial charge in [-0.2, -0.15) is 0 Å². The monoisotopic (exact) mass is 192 g/mol. The van der Waals surface area contributed by atoms with E-state index in [9.17, 15) is 9.90 Å². The van der Waals surface area contributed by atoms with E-state index in [4.69, 9.17) is 0 Å². The molecular formula is C12H16O2. The molecule has 0 amide bonds. The van der Waals surface area contributed by atoms with Crippen molar-refractivity contribution in [1.82, 2.24) is 0 Å². The van der Waals surface area contributed by atoms with Gasteiger partial charge in [0.2, 0.25) is 0 Å². The number of phenolic OH excluding ortho intramolecular Hbond substituents is 1. The molecule has 2 heteroatoms. The highest BCUT2D eigenvalue weighted by molar-refractivity contribution is 5.96. The molecule has 0 aromatic heterocycles. The summed E-state index contributed by atoms with van der Waals surface area (Å²) in [4.78, 5) is 11.6. The Labute approximate surface area is 84.6 Å². The van der Waals surface area contributed by atoms with Crippen LogP contribution in [0.1, 0.15) is 36.2 Å². The van der Waals surface area contributed by atoms with Crippen LogP contribution in [0.2, 0.25) is 0 Å². The van der Waals surface area contributed by atoms with Gasteiger partial charge in [0.25, 0.3) is 0 Å². The van der Waals surface area contributed by atoms with Gasteiger partial charge in [-0.1, -0.05) is 13.8 Å². The van der Waals surface area contributed by atoms with E-state index < -0.39 is 0 Å². The van der Waals surface area contributed by atoms with Crippen molar-refractivity contribution in [3.8, 4) is 5.75 Å². The smallest absolute Gasteiger partial charge is 0.163 e. The van der Waals surface area contributed by atoms with Crippen molar-refractivity contribution < 1.29 is 9.90 Å². The van der Waals surface area contributed by atoms with Gasteiger partial charge in [0.15, 0.2) is 5.78 Å². The van der Waals surface area contributed by atoms with Crippen LogP contribution in [0.15, 0.2) is 18.2 Å². The van der Waals surface area contributed by atoms with E-state index in [1.165, 1.54) is 0 Å². The van der Waals surface area contributed by atoms with E-state index in [0.29, 0.717) is 17.9 Å². The van der Waals surface area contributed by atoms with E-state index in [2.05, 4.69) is 0 Å². The number of aryl methyl sites for hydroxylation is 1. The number of carbonyl (C=O) groups excluding carboxylic acids is 1. The molecule has 0 saturated heterocycles. The summed E-state index contributed by atoms with van der Waals surface area (Å²) in [5.41, 5.74) is 1.44. The lowest BCUT2D eigenvalue weighted by atomic mass is 10.00. The zero-order valence-corrected chi connectivity index (χ0v) is 8.87. The Morgan fingerprint density at radius 1 is 1.43 bits per heavy atom. The quantitative estimate of drug-likeness (QED) is 0.747. The molecule has 0 heterocycles. The third kappa shape index (κ3) is 2.59. The summed E-state index contributed by atoms with van der Waals surface area (Å²) in [5, 5.41) is 9.30. The fourth-order valence-corrected chi connectivity index (χ4v) is 1.32. The standard InChI is InChI=1S/C12H16O2/c1-8(2)6-12(14)10-4-5-11(13)9(3)7-10/h4-5,7-8,13H,6H2,1-3H3. The summed E-state index contributed by atoms with van der Waals surface area (Å²) in [5.74, 6) is 0.755. The van der Waals surface area contributed by atoms with Crippen molar-refractivity contribution >= 4 is 5.78 Å². The summed E-state index contributed by atoms with van der Waals surface area (Å²) >= 11 is 0. The summed E-state index contributed by atoms with van der Waals surface area (Å²) in [6.45, 7) is 5.83. The van der Waals surface area contributed by atoms with Crippen LogP contribution in [0.4, 0.5) is 0 Å². The van der Waals surface area contributed by atoms with E-state index in [1.54, 1.807) is 25.1 Å². The van der Waals surface area contributed by atoms with Gasteiger partial charge in [-0.3, -0.25) is 4.79 Å². The van der Waals surface area contributed by atoms with E-state index in [1.807, 2.05) is 13.8 Å². The predicted molar refractivity (Wildman–Crippen MR) is 56.6 cm³/mol. The maximum atomic E-state index is 11.6. The first-order chi connectivity index (χ1) is 6.50. The maximum absolute atomic E-state index is 11.6. The second kappa shape index (κ2) is 4.27. The van der Waals surface area contributed by atoms with E-state index >= 15 is 0 Å². The molecule has 0 radical (unpaired) electrons. The third-order valence-electron chi connectivity index (χ3n) is 2.11. The molecule has 0 aliphatic carbocycles. The van der Waals surface area contributed by atoms with Crippen molar-refractivity contribution in [1.29, 1.82) is 0 Å². The van der Waals surface area contributed by atoms with Crippen molar-refractivity contribution in [2.24, 2.45) is 5.92 Å². The van der Waals surface area contributed by atoms with Crippen LogP contribution in [0.5, 0.6) is 5.75 Å². The van der Waals surface area contributed by atoms with Crippen LogP contribution in [-0.4, -0.2) is 10.9 Å². The van der Waals surface area contributed by atoms with Gasteiger partial charge in [0.1, 0.15) is 5.75 Å². The molecule has 76 valence electrons. The van der Waals surface area contributed by atoms with Crippen LogP contribution < -0.4 is 0 Å². The van der Waals surface area contributed by atoms with Gasteiger partial charge >= 0.3 is 0 Å². The molecule has 1 rings (SSSR count). The van der Waals surface area contributed by atoms with Gasteiger partial charge in [-0.25, -0.2) is 0 Å². The number of hydrogen-bond donors (Lipinski definition) is 1. The number of rotatable bonds is 3. The van der Waals surface area contributed by atoms with Crippen molar-refractivity contribution in [2.75, 3.05) is 0 Å². The molecule has 0 aliphatic rings. The fraction of sp³-hybridized carbons (Fsp3) is 0.417.